The zero-order chi connectivity index (χ0) is 16.6. The highest BCUT2D eigenvalue weighted by atomic mass is 32.2. The Bertz CT molecular complexity index is 829. The van der Waals surface area contributed by atoms with Crippen molar-refractivity contribution >= 4 is 37.9 Å². The van der Waals surface area contributed by atoms with Gasteiger partial charge in [0.2, 0.25) is 10.1 Å². The molecule has 0 aliphatic carbocycles. The Morgan fingerprint density at radius 1 is 1.35 bits per heavy atom. The lowest BCUT2D eigenvalue weighted by Crippen LogP contribution is -2.11. The van der Waals surface area contributed by atoms with Gasteiger partial charge in [0.15, 0.2) is 0 Å². The molecule has 2 heterocycles. The Morgan fingerprint density at radius 3 is 2.78 bits per heavy atom. The average Bonchev–Trinajstić information content (AvgIpc) is 2.95. The summed E-state index contributed by atoms with van der Waals surface area (Å²) in [5, 5.41) is 8.63. The number of hydrogen-bond donors (Lipinski definition) is 1. The Hall–Kier alpha value is -1.73. The lowest BCUT2D eigenvalue weighted by molar-refractivity contribution is 0.572. The first kappa shape index (κ1) is 16.1. The van der Waals surface area contributed by atoms with E-state index in [-0.39, 0.29) is 5.41 Å². The van der Waals surface area contributed by atoms with Crippen LogP contribution >= 0.6 is 11.3 Å². The summed E-state index contributed by atoms with van der Waals surface area (Å²) in [6, 6.07) is 7.93. The van der Waals surface area contributed by atoms with E-state index in [4.69, 9.17) is 0 Å². The van der Waals surface area contributed by atoms with Crippen molar-refractivity contribution in [1.29, 1.82) is 0 Å². The van der Waals surface area contributed by atoms with E-state index < -0.39 is 10.8 Å². The molecule has 122 valence electrons. The highest BCUT2D eigenvalue weighted by Crippen LogP contribution is 2.27. The first-order chi connectivity index (χ1) is 10.8. The fraction of sp³-hybridized carbons (Fsp3) is 0.375. The summed E-state index contributed by atoms with van der Waals surface area (Å²) in [6.45, 7) is 6.42. The largest absolute Gasteiger partial charge is 0.330 e. The molecule has 23 heavy (non-hydrogen) atoms. The molecule has 7 heteroatoms. The fourth-order valence-electron chi connectivity index (χ4n) is 2.21. The van der Waals surface area contributed by atoms with E-state index in [1.165, 1.54) is 11.3 Å². The molecule has 5 nitrogen and oxygen atoms in total. The van der Waals surface area contributed by atoms with E-state index in [0.717, 1.165) is 27.0 Å². The predicted octanol–water partition coefficient (Wildman–Crippen LogP) is 3.71. The van der Waals surface area contributed by atoms with Crippen LogP contribution in [0.2, 0.25) is 0 Å². The van der Waals surface area contributed by atoms with Crippen LogP contribution in [0.4, 0.5) is 10.8 Å². The SMILES string of the molecule is CS(=O)Cc1cccc(Nc2nn3cc(C(C)(C)C)nc3s2)c1. The molecule has 0 fully saturated rings. The number of nitrogens with zero attached hydrogens (tertiary/aromatic N) is 3. The highest BCUT2D eigenvalue weighted by Gasteiger charge is 2.19. The zero-order valence-corrected chi connectivity index (χ0v) is 15.3. The van der Waals surface area contributed by atoms with Crippen molar-refractivity contribution in [2.24, 2.45) is 0 Å². The second kappa shape index (κ2) is 6.05. The van der Waals surface area contributed by atoms with Crippen molar-refractivity contribution in [1.82, 2.24) is 14.6 Å². The van der Waals surface area contributed by atoms with Crippen molar-refractivity contribution in [2.45, 2.75) is 31.9 Å². The van der Waals surface area contributed by atoms with Gasteiger partial charge in [-0.25, -0.2) is 9.50 Å². The summed E-state index contributed by atoms with van der Waals surface area (Å²) in [5.41, 5.74) is 3.05. The third kappa shape index (κ3) is 3.79. The van der Waals surface area contributed by atoms with E-state index in [1.54, 1.807) is 6.26 Å². The van der Waals surface area contributed by atoms with Crippen LogP contribution in [0.15, 0.2) is 30.5 Å². The third-order valence-corrected chi connectivity index (χ3v) is 4.94. The average molecular weight is 348 g/mol. The number of imidazole rings is 1. The smallest absolute Gasteiger partial charge is 0.214 e. The molecule has 0 aliphatic rings. The number of anilines is 2. The molecule has 1 aromatic carbocycles. The monoisotopic (exact) mass is 348 g/mol. The van der Waals surface area contributed by atoms with Gasteiger partial charge >= 0.3 is 0 Å². The van der Waals surface area contributed by atoms with Crippen LogP contribution in [0, 0.1) is 0 Å². The Balaban J connectivity index is 1.82. The van der Waals surface area contributed by atoms with Gasteiger partial charge in [0.25, 0.3) is 0 Å². The van der Waals surface area contributed by atoms with E-state index in [1.807, 2.05) is 35.0 Å². The maximum Gasteiger partial charge on any atom is 0.214 e. The van der Waals surface area contributed by atoms with Gasteiger partial charge in [-0.3, -0.25) is 4.21 Å². The number of hydrogen-bond acceptors (Lipinski definition) is 5. The molecule has 1 N–H and O–H groups in total. The normalized spacial score (nSPS) is 13.4. The van der Waals surface area contributed by atoms with Crippen molar-refractivity contribution < 1.29 is 4.21 Å². The van der Waals surface area contributed by atoms with E-state index >= 15 is 0 Å². The first-order valence-corrected chi connectivity index (χ1v) is 9.88. The van der Waals surface area contributed by atoms with E-state index in [2.05, 4.69) is 36.2 Å². The van der Waals surface area contributed by atoms with Gasteiger partial charge in [0.05, 0.1) is 11.9 Å². The lowest BCUT2D eigenvalue weighted by Gasteiger charge is -2.13. The predicted molar refractivity (Wildman–Crippen MR) is 97.1 cm³/mol. The summed E-state index contributed by atoms with van der Waals surface area (Å²) in [6.07, 6.45) is 3.69. The maximum atomic E-state index is 11.3. The van der Waals surface area contributed by atoms with E-state index in [0.29, 0.717) is 5.75 Å². The number of benzene rings is 1. The number of nitrogens with one attached hydrogen (secondary N) is 1. The van der Waals surface area contributed by atoms with Crippen LogP contribution in [0.1, 0.15) is 32.0 Å². The van der Waals surface area contributed by atoms with Crippen molar-refractivity contribution in [3.8, 4) is 0 Å². The van der Waals surface area contributed by atoms with Crippen LogP contribution in [0.5, 0.6) is 0 Å². The Kier molecular flexibility index (Phi) is 4.25. The van der Waals surface area contributed by atoms with Gasteiger partial charge in [0, 0.05) is 33.9 Å². The topological polar surface area (TPSA) is 59.3 Å². The highest BCUT2D eigenvalue weighted by molar-refractivity contribution is 7.83. The molecule has 0 spiro atoms. The summed E-state index contributed by atoms with van der Waals surface area (Å²) in [4.78, 5) is 5.52. The van der Waals surface area contributed by atoms with Crippen LogP contribution < -0.4 is 5.32 Å². The second-order valence-corrected chi connectivity index (χ2v) is 8.94. The molecule has 0 aliphatic heterocycles. The fourth-order valence-corrected chi connectivity index (χ4v) is 3.66. The second-order valence-electron chi connectivity index (χ2n) is 6.55. The van der Waals surface area contributed by atoms with Gasteiger partial charge in [-0.15, -0.1) is 5.10 Å². The van der Waals surface area contributed by atoms with Gasteiger partial charge in [0.1, 0.15) is 0 Å². The Labute approximate surface area is 142 Å². The van der Waals surface area contributed by atoms with Gasteiger partial charge in [-0.05, 0) is 17.7 Å². The molecular weight excluding hydrogens is 328 g/mol. The molecule has 3 rings (SSSR count). The first-order valence-electron chi connectivity index (χ1n) is 7.34. The Morgan fingerprint density at radius 2 is 2.13 bits per heavy atom. The van der Waals surface area contributed by atoms with Crippen LogP contribution in [0.3, 0.4) is 0 Å². The van der Waals surface area contributed by atoms with Crippen LogP contribution in [-0.4, -0.2) is 25.1 Å². The van der Waals surface area contributed by atoms with Gasteiger partial charge < -0.3 is 5.32 Å². The van der Waals surface area contributed by atoms with Crippen molar-refractivity contribution in [3.63, 3.8) is 0 Å². The molecule has 0 saturated carbocycles. The van der Waals surface area contributed by atoms with Crippen LogP contribution in [0.25, 0.3) is 4.96 Å². The summed E-state index contributed by atoms with van der Waals surface area (Å²) in [5.74, 6) is 0.561. The molecule has 0 saturated heterocycles. The summed E-state index contributed by atoms with van der Waals surface area (Å²) in [7, 11) is -0.843. The minimum absolute atomic E-state index is 0.0190. The number of rotatable bonds is 4. The minimum atomic E-state index is -0.843. The molecule has 3 aromatic rings. The number of aromatic nitrogens is 3. The van der Waals surface area contributed by atoms with E-state index in [9.17, 15) is 4.21 Å². The molecule has 2 aromatic heterocycles. The third-order valence-electron chi connectivity index (χ3n) is 3.36. The molecule has 0 radical (unpaired) electrons. The lowest BCUT2D eigenvalue weighted by atomic mass is 9.93. The minimum Gasteiger partial charge on any atom is -0.330 e. The van der Waals surface area contributed by atoms with Gasteiger partial charge in [-0.2, -0.15) is 0 Å². The molecule has 0 amide bonds. The van der Waals surface area contributed by atoms with Crippen LogP contribution in [-0.2, 0) is 22.0 Å². The number of fused-ring (bicyclic) bond motifs is 1. The van der Waals surface area contributed by atoms with Gasteiger partial charge in [-0.1, -0.05) is 44.2 Å². The van der Waals surface area contributed by atoms with Crippen molar-refractivity contribution in [3.05, 3.63) is 41.7 Å². The van der Waals surface area contributed by atoms with Crippen molar-refractivity contribution in [2.75, 3.05) is 11.6 Å². The summed E-state index contributed by atoms with van der Waals surface area (Å²) >= 11 is 1.52. The molecular formula is C16H20N4OS2. The zero-order valence-electron chi connectivity index (χ0n) is 13.7. The molecule has 0 bridgehead atoms. The standard InChI is InChI=1S/C16H20N4OS2/c1-16(2,3)13-9-20-15(18-13)22-14(19-20)17-12-7-5-6-11(8-12)10-23(4)21/h5-9H,10H2,1-4H3,(H,17,19). The maximum absolute atomic E-state index is 11.3. The quantitative estimate of drug-likeness (QED) is 0.781. The summed E-state index contributed by atoms with van der Waals surface area (Å²) < 4.78 is 13.2. The molecule has 1 unspecified atom stereocenters. The molecule has 1 atom stereocenters.